The zero-order valence-electron chi connectivity index (χ0n) is 12.1. The molecule has 1 aromatic carbocycles. The third-order valence-electron chi connectivity index (χ3n) is 3.38. The lowest BCUT2D eigenvalue weighted by Gasteiger charge is -2.22. The number of nitrogens with two attached hydrogens (primary N) is 1. The number of benzene rings is 1. The van der Waals surface area contributed by atoms with E-state index in [4.69, 9.17) is 10.5 Å². The first kappa shape index (κ1) is 15.2. The molecule has 0 fully saturated rings. The molecule has 2 nitrogen and oxygen atoms in total. The summed E-state index contributed by atoms with van der Waals surface area (Å²) >= 11 is 0. The summed E-state index contributed by atoms with van der Waals surface area (Å²) in [5, 5.41) is 0. The van der Waals surface area contributed by atoms with Gasteiger partial charge in [0.25, 0.3) is 0 Å². The van der Waals surface area contributed by atoms with Crippen molar-refractivity contribution in [1.82, 2.24) is 0 Å². The highest BCUT2D eigenvalue weighted by molar-refractivity contribution is 5.25. The fourth-order valence-electron chi connectivity index (χ4n) is 2.20. The zero-order valence-corrected chi connectivity index (χ0v) is 12.1. The highest BCUT2D eigenvalue weighted by atomic mass is 16.5. The first-order chi connectivity index (χ1) is 8.58. The molecule has 102 valence electrons. The van der Waals surface area contributed by atoms with Gasteiger partial charge in [0.1, 0.15) is 0 Å². The summed E-state index contributed by atoms with van der Waals surface area (Å²) in [6.45, 7) is 9.30. The molecule has 0 aromatic heterocycles. The van der Waals surface area contributed by atoms with Crippen molar-refractivity contribution in [2.45, 2.75) is 58.6 Å². The Hall–Kier alpha value is -0.860. The highest BCUT2D eigenvalue weighted by Crippen LogP contribution is 2.16. The van der Waals surface area contributed by atoms with Gasteiger partial charge in [-0.25, -0.2) is 0 Å². The molecular weight excluding hydrogens is 222 g/mol. The summed E-state index contributed by atoms with van der Waals surface area (Å²) in [7, 11) is 0. The van der Waals surface area contributed by atoms with Gasteiger partial charge in [-0.2, -0.15) is 0 Å². The van der Waals surface area contributed by atoms with Crippen molar-refractivity contribution in [3.8, 4) is 0 Å². The van der Waals surface area contributed by atoms with E-state index in [1.165, 1.54) is 11.1 Å². The third kappa shape index (κ3) is 4.43. The van der Waals surface area contributed by atoms with E-state index in [1.54, 1.807) is 0 Å². The summed E-state index contributed by atoms with van der Waals surface area (Å²) in [5.41, 5.74) is 8.89. The van der Waals surface area contributed by atoms with E-state index in [0.717, 1.165) is 19.4 Å². The Kier molecular flexibility index (Phi) is 6.37. The largest absolute Gasteiger partial charge is 0.377 e. The number of hydrogen-bond acceptors (Lipinski definition) is 2. The topological polar surface area (TPSA) is 35.2 Å². The summed E-state index contributed by atoms with van der Waals surface area (Å²) in [4.78, 5) is 0. The van der Waals surface area contributed by atoms with Gasteiger partial charge < -0.3 is 10.5 Å². The van der Waals surface area contributed by atoms with Gasteiger partial charge in [-0.3, -0.25) is 0 Å². The predicted molar refractivity (Wildman–Crippen MR) is 77.9 cm³/mol. The number of rotatable bonds is 7. The lowest BCUT2D eigenvalue weighted by atomic mass is 9.97. The molecule has 1 aromatic rings. The van der Waals surface area contributed by atoms with Crippen molar-refractivity contribution in [3.63, 3.8) is 0 Å². The predicted octanol–water partition coefficient (Wildman–Crippen LogP) is 3.49. The smallest absolute Gasteiger partial charge is 0.0726 e. The molecule has 0 aliphatic rings. The average Bonchev–Trinajstić information content (AvgIpc) is 2.36. The van der Waals surface area contributed by atoms with Crippen molar-refractivity contribution < 1.29 is 4.74 Å². The Labute approximate surface area is 112 Å². The van der Waals surface area contributed by atoms with E-state index in [-0.39, 0.29) is 12.1 Å². The second-order valence-electron chi connectivity index (χ2n) is 5.17. The van der Waals surface area contributed by atoms with Gasteiger partial charge in [0.2, 0.25) is 0 Å². The molecule has 0 bridgehead atoms. The lowest BCUT2D eigenvalue weighted by molar-refractivity contribution is 0.0417. The van der Waals surface area contributed by atoms with Crippen LogP contribution in [0.2, 0.25) is 0 Å². The van der Waals surface area contributed by atoms with Crippen LogP contribution in [0, 0.1) is 0 Å². The first-order valence-corrected chi connectivity index (χ1v) is 7.04. The van der Waals surface area contributed by atoms with Crippen LogP contribution in [-0.2, 0) is 11.2 Å². The summed E-state index contributed by atoms with van der Waals surface area (Å²) < 4.78 is 5.66. The van der Waals surface area contributed by atoms with Crippen LogP contribution in [0.5, 0.6) is 0 Å². The maximum absolute atomic E-state index is 6.22. The van der Waals surface area contributed by atoms with Crippen LogP contribution >= 0.6 is 0 Å². The van der Waals surface area contributed by atoms with Crippen molar-refractivity contribution in [1.29, 1.82) is 0 Å². The van der Waals surface area contributed by atoms with Gasteiger partial charge in [-0.15, -0.1) is 0 Å². The minimum Gasteiger partial charge on any atom is -0.377 e. The van der Waals surface area contributed by atoms with Gasteiger partial charge >= 0.3 is 0 Å². The van der Waals surface area contributed by atoms with Crippen molar-refractivity contribution in [3.05, 3.63) is 35.4 Å². The van der Waals surface area contributed by atoms with Crippen LogP contribution < -0.4 is 5.73 Å². The maximum atomic E-state index is 6.22. The molecule has 2 unspecified atom stereocenters. The first-order valence-electron chi connectivity index (χ1n) is 7.04. The van der Waals surface area contributed by atoms with Crippen LogP contribution in [0.25, 0.3) is 0 Å². The molecule has 0 radical (unpaired) electrons. The zero-order chi connectivity index (χ0) is 13.5. The van der Waals surface area contributed by atoms with Gasteiger partial charge in [0, 0.05) is 12.6 Å². The minimum absolute atomic E-state index is 0.0832. The molecule has 1 rings (SSSR count). The SMILES string of the molecule is CCOC(CC)C(N)Cc1ccc(C(C)C)cc1. The molecule has 0 heterocycles. The molecule has 0 spiro atoms. The van der Waals surface area contributed by atoms with E-state index in [1.807, 2.05) is 6.92 Å². The van der Waals surface area contributed by atoms with Crippen LogP contribution in [0.1, 0.15) is 51.2 Å². The Morgan fingerprint density at radius 2 is 1.72 bits per heavy atom. The Morgan fingerprint density at radius 3 is 2.17 bits per heavy atom. The summed E-state index contributed by atoms with van der Waals surface area (Å²) in [5.74, 6) is 0.583. The minimum atomic E-state index is 0.0832. The second kappa shape index (κ2) is 7.55. The lowest BCUT2D eigenvalue weighted by Crippen LogP contribution is -2.38. The van der Waals surface area contributed by atoms with Crippen LogP contribution in [0.15, 0.2) is 24.3 Å². The van der Waals surface area contributed by atoms with Crippen LogP contribution in [0.4, 0.5) is 0 Å². The molecule has 0 aliphatic heterocycles. The van der Waals surface area contributed by atoms with Crippen LogP contribution in [0.3, 0.4) is 0 Å². The Bertz CT molecular complexity index is 331. The van der Waals surface area contributed by atoms with E-state index >= 15 is 0 Å². The van der Waals surface area contributed by atoms with Crippen molar-refractivity contribution >= 4 is 0 Å². The molecule has 2 heteroatoms. The van der Waals surface area contributed by atoms with Gasteiger partial charge in [-0.05, 0) is 36.8 Å². The van der Waals surface area contributed by atoms with Crippen LogP contribution in [-0.4, -0.2) is 18.8 Å². The Balaban J connectivity index is 2.60. The summed E-state index contributed by atoms with van der Waals surface area (Å²) in [6.07, 6.45) is 2.02. The molecule has 2 N–H and O–H groups in total. The monoisotopic (exact) mass is 249 g/mol. The van der Waals surface area contributed by atoms with E-state index in [2.05, 4.69) is 45.0 Å². The molecule has 0 amide bonds. The quantitative estimate of drug-likeness (QED) is 0.802. The molecular formula is C16H27NO. The molecule has 0 aliphatic carbocycles. The highest BCUT2D eigenvalue weighted by Gasteiger charge is 2.16. The summed E-state index contributed by atoms with van der Waals surface area (Å²) in [6, 6.07) is 8.87. The fourth-order valence-corrected chi connectivity index (χ4v) is 2.20. The molecule has 0 saturated carbocycles. The molecule has 18 heavy (non-hydrogen) atoms. The normalized spacial score (nSPS) is 14.8. The Morgan fingerprint density at radius 1 is 1.11 bits per heavy atom. The van der Waals surface area contributed by atoms with Gasteiger partial charge in [0.05, 0.1) is 6.10 Å². The fraction of sp³-hybridized carbons (Fsp3) is 0.625. The standard InChI is InChI=1S/C16H27NO/c1-5-16(18-6-2)15(17)11-13-7-9-14(10-8-13)12(3)4/h7-10,12,15-16H,5-6,11,17H2,1-4H3. The van der Waals surface area contributed by atoms with Crippen molar-refractivity contribution in [2.24, 2.45) is 5.73 Å². The van der Waals surface area contributed by atoms with Gasteiger partial charge in [0.15, 0.2) is 0 Å². The van der Waals surface area contributed by atoms with Gasteiger partial charge in [-0.1, -0.05) is 45.0 Å². The van der Waals surface area contributed by atoms with Crippen molar-refractivity contribution in [2.75, 3.05) is 6.61 Å². The molecule has 0 saturated heterocycles. The van der Waals surface area contributed by atoms with E-state index in [0.29, 0.717) is 5.92 Å². The number of ether oxygens (including phenoxy) is 1. The second-order valence-corrected chi connectivity index (χ2v) is 5.17. The number of hydrogen-bond donors (Lipinski definition) is 1. The van der Waals surface area contributed by atoms with E-state index < -0.39 is 0 Å². The molecule has 2 atom stereocenters. The third-order valence-corrected chi connectivity index (χ3v) is 3.38. The van der Waals surface area contributed by atoms with E-state index in [9.17, 15) is 0 Å². The maximum Gasteiger partial charge on any atom is 0.0726 e. The average molecular weight is 249 g/mol.